The lowest BCUT2D eigenvalue weighted by atomic mass is 10.2. The van der Waals surface area contributed by atoms with Crippen LogP contribution in [0.3, 0.4) is 0 Å². The largest absolute Gasteiger partial charge is 0.487 e. The summed E-state index contributed by atoms with van der Waals surface area (Å²) in [5.74, 6) is 0.397. The molecule has 100 valence electrons. The van der Waals surface area contributed by atoms with Crippen LogP contribution >= 0.6 is 31.9 Å². The zero-order chi connectivity index (χ0) is 13.8. The summed E-state index contributed by atoms with van der Waals surface area (Å²) in [6.45, 7) is 0.660. The van der Waals surface area contributed by atoms with Crippen molar-refractivity contribution in [1.82, 2.24) is 0 Å². The van der Waals surface area contributed by atoms with Crippen LogP contribution in [0.15, 0.2) is 45.3 Å². The van der Waals surface area contributed by atoms with Crippen molar-refractivity contribution in [2.75, 3.05) is 0 Å². The van der Waals surface area contributed by atoms with Crippen molar-refractivity contribution in [2.24, 2.45) is 5.73 Å². The Morgan fingerprint density at radius 1 is 1.05 bits per heavy atom. The van der Waals surface area contributed by atoms with Crippen LogP contribution in [0.1, 0.15) is 11.1 Å². The topological polar surface area (TPSA) is 35.2 Å². The fraction of sp³-hybridized carbons (Fsp3) is 0.143. The molecule has 0 saturated heterocycles. The molecule has 0 fully saturated rings. The van der Waals surface area contributed by atoms with Crippen molar-refractivity contribution in [2.45, 2.75) is 13.2 Å². The number of para-hydroxylation sites is 1. The van der Waals surface area contributed by atoms with Gasteiger partial charge in [-0.2, -0.15) is 0 Å². The Morgan fingerprint density at radius 3 is 2.47 bits per heavy atom. The van der Waals surface area contributed by atoms with E-state index in [4.69, 9.17) is 10.5 Å². The Labute approximate surface area is 128 Å². The summed E-state index contributed by atoms with van der Waals surface area (Å²) in [7, 11) is 0. The maximum atomic E-state index is 13.4. The van der Waals surface area contributed by atoms with Crippen molar-refractivity contribution in [3.8, 4) is 5.75 Å². The number of hydrogen-bond acceptors (Lipinski definition) is 2. The highest BCUT2D eigenvalue weighted by Crippen LogP contribution is 2.30. The molecule has 2 nitrogen and oxygen atoms in total. The second kappa shape index (κ2) is 6.50. The van der Waals surface area contributed by atoms with E-state index >= 15 is 0 Å². The molecule has 2 aromatic carbocycles. The molecule has 0 atom stereocenters. The third-order valence-corrected chi connectivity index (χ3v) is 4.18. The van der Waals surface area contributed by atoms with Gasteiger partial charge in [0.15, 0.2) is 0 Å². The van der Waals surface area contributed by atoms with Gasteiger partial charge in [0, 0.05) is 17.7 Å². The molecular weight excluding hydrogens is 377 g/mol. The van der Waals surface area contributed by atoms with Gasteiger partial charge in [0.1, 0.15) is 18.2 Å². The Hall–Kier alpha value is -0.910. The molecule has 0 bridgehead atoms. The smallest absolute Gasteiger partial charge is 0.138 e. The summed E-state index contributed by atoms with van der Waals surface area (Å²) in [4.78, 5) is 0. The van der Waals surface area contributed by atoms with E-state index in [9.17, 15) is 4.39 Å². The fourth-order valence-electron chi connectivity index (χ4n) is 1.69. The molecular formula is C14H12Br2FNO. The van der Waals surface area contributed by atoms with Gasteiger partial charge in [0.05, 0.1) is 8.95 Å². The molecule has 0 heterocycles. The normalized spacial score (nSPS) is 10.5. The zero-order valence-electron chi connectivity index (χ0n) is 10.00. The molecule has 0 unspecified atom stereocenters. The van der Waals surface area contributed by atoms with Gasteiger partial charge in [-0.05, 0) is 44.0 Å². The standard InChI is InChI=1S/C14H12Br2FNO/c15-11-5-1-3-9(7-18)14(11)19-8-10-4-2-6-12(17)13(10)16/h1-6H,7-8,18H2. The molecule has 19 heavy (non-hydrogen) atoms. The van der Waals surface area contributed by atoms with Crippen LogP contribution in [-0.2, 0) is 13.2 Å². The number of halogens is 3. The monoisotopic (exact) mass is 387 g/mol. The highest BCUT2D eigenvalue weighted by molar-refractivity contribution is 9.10. The molecule has 0 spiro atoms. The third kappa shape index (κ3) is 3.35. The molecule has 0 saturated carbocycles. The lowest BCUT2D eigenvalue weighted by Crippen LogP contribution is -2.04. The van der Waals surface area contributed by atoms with Crippen molar-refractivity contribution >= 4 is 31.9 Å². The van der Waals surface area contributed by atoms with Crippen molar-refractivity contribution < 1.29 is 9.13 Å². The van der Waals surface area contributed by atoms with Crippen molar-refractivity contribution in [1.29, 1.82) is 0 Å². The second-order valence-electron chi connectivity index (χ2n) is 3.93. The van der Waals surface area contributed by atoms with Gasteiger partial charge in [-0.1, -0.05) is 24.3 Å². The average molecular weight is 389 g/mol. The minimum atomic E-state index is -0.299. The van der Waals surface area contributed by atoms with Gasteiger partial charge in [0.25, 0.3) is 0 Å². The summed E-state index contributed by atoms with van der Waals surface area (Å²) < 4.78 is 20.4. The van der Waals surface area contributed by atoms with E-state index < -0.39 is 0 Å². The predicted molar refractivity (Wildman–Crippen MR) is 80.5 cm³/mol. The summed E-state index contributed by atoms with van der Waals surface area (Å²) in [6.07, 6.45) is 0. The first kappa shape index (κ1) is 14.5. The van der Waals surface area contributed by atoms with Crippen LogP contribution in [0.2, 0.25) is 0 Å². The molecule has 0 aliphatic rings. The van der Waals surface area contributed by atoms with E-state index in [2.05, 4.69) is 31.9 Å². The van der Waals surface area contributed by atoms with Crippen molar-refractivity contribution in [3.05, 3.63) is 62.3 Å². The Bertz CT molecular complexity index is 590. The molecule has 2 rings (SSSR count). The van der Waals surface area contributed by atoms with Gasteiger partial charge in [-0.15, -0.1) is 0 Å². The van der Waals surface area contributed by atoms with E-state index in [-0.39, 0.29) is 12.4 Å². The van der Waals surface area contributed by atoms with Crippen LogP contribution < -0.4 is 10.5 Å². The third-order valence-electron chi connectivity index (χ3n) is 2.67. The van der Waals surface area contributed by atoms with Crippen LogP contribution in [0.4, 0.5) is 4.39 Å². The lowest BCUT2D eigenvalue weighted by molar-refractivity contribution is 0.299. The van der Waals surface area contributed by atoms with E-state index in [0.29, 0.717) is 16.8 Å². The first-order valence-corrected chi connectivity index (χ1v) is 7.25. The first-order valence-electron chi connectivity index (χ1n) is 5.66. The molecule has 0 radical (unpaired) electrons. The summed E-state index contributed by atoms with van der Waals surface area (Å²) in [6, 6.07) is 10.6. The Balaban J connectivity index is 2.21. The Morgan fingerprint density at radius 2 is 1.74 bits per heavy atom. The first-order chi connectivity index (χ1) is 9.13. The van der Waals surface area contributed by atoms with E-state index in [0.717, 1.165) is 15.6 Å². The lowest BCUT2D eigenvalue weighted by Gasteiger charge is -2.13. The van der Waals surface area contributed by atoms with E-state index in [1.165, 1.54) is 6.07 Å². The summed E-state index contributed by atoms with van der Waals surface area (Å²) in [5, 5.41) is 0. The second-order valence-corrected chi connectivity index (χ2v) is 5.58. The summed E-state index contributed by atoms with van der Waals surface area (Å²) in [5.41, 5.74) is 7.33. The van der Waals surface area contributed by atoms with Gasteiger partial charge in [-0.3, -0.25) is 0 Å². The maximum Gasteiger partial charge on any atom is 0.138 e. The molecule has 5 heteroatoms. The number of ether oxygens (including phenoxy) is 1. The molecule has 0 aromatic heterocycles. The van der Waals surface area contributed by atoms with Gasteiger partial charge >= 0.3 is 0 Å². The van der Waals surface area contributed by atoms with Gasteiger partial charge in [0.2, 0.25) is 0 Å². The molecule has 2 aromatic rings. The molecule has 2 N–H and O–H groups in total. The fourth-order valence-corrected chi connectivity index (χ4v) is 2.59. The molecule has 0 amide bonds. The Kier molecular flexibility index (Phi) is 4.96. The number of hydrogen-bond donors (Lipinski definition) is 1. The number of nitrogens with two attached hydrogens (primary N) is 1. The summed E-state index contributed by atoms with van der Waals surface area (Å²) >= 11 is 6.64. The van der Waals surface area contributed by atoms with Crippen LogP contribution in [0.25, 0.3) is 0 Å². The van der Waals surface area contributed by atoms with Crippen LogP contribution in [0.5, 0.6) is 5.75 Å². The van der Waals surface area contributed by atoms with Gasteiger partial charge < -0.3 is 10.5 Å². The van der Waals surface area contributed by atoms with E-state index in [1.54, 1.807) is 6.07 Å². The number of benzene rings is 2. The predicted octanol–water partition coefficient (Wildman–Crippen LogP) is 4.39. The minimum absolute atomic E-state index is 0.272. The minimum Gasteiger partial charge on any atom is -0.487 e. The highest BCUT2D eigenvalue weighted by atomic mass is 79.9. The molecule has 0 aliphatic heterocycles. The van der Waals surface area contributed by atoms with Crippen LogP contribution in [0, 0.1) is 5.82 Å². The van der Waals surface area contributed by atoms with Gasteiger partial charge in [-0.25, -0.2) is 4.39 Å². The average Bonchev–Trinajstić information content (AvgIpc) is 2.41. The highest BCUT2D eigenvalue weighted by Gasteiger charge is 2.10. The van der Waals surface area contributed by atoms with Crippen molar-refractivity contribution in [3.63, 3.8) is 0 Å². The van der Waals surface area contributed by atoms with E-state index in [1.807, 2.05) is 24.3 Å². The zero-order valence-corrected chi connectivity index (χ0v) is 13.2. The molecule has 0 aliphatic carbocycles. The SMILES string of the molecule is NCc1cccc(Br)c1OCc1cccc(F)c1Br. The quantitative estimate of drug-likeness (QED) is 0.842. The maximum absolute atomic E-state index is 13.4. The number of rotatable bonds is 4. The van der Waals surface area contributed by atoms with Crippen LogP contribution in [-0.4, -0.2) is 0 Å².